The van der Waals surface area contributed by atoms with Crippen molar-refractivity contribution >= 4 is 11.6 Å². The van der Waals surface area contributed by atoms with Crippen molar-refractivity contribution in [1.82, 2.24) is 9.88 Å². The van der Waals surface area contributed by atoms with E-state index in [9.17, 15) is 0 Å². The van der Waals surface area contributed by atoms with Gasteiger partial charge < -0.3 is 0 Å². The predicted octanol–water partition coefficient (Wildman–Crippen LogP) is 3.59. The molecule has 0 amide bonds. The minimum absolute atomic E-state index is 0.560. The molecule has 3 heteroatoms. The summed E-state index contributed by atoms with van der Waals surface area (Å²) >= 11 is 5.90. The Hall–Kier alpha value is -0.600. The summed E-state index contributed by atoms with van der Waals surface area (Å²) in [6, 6.07) is 2.53. The first kappa shape index (κ1) is 11.9. The Kier molecular flexibility index (Phi) is 3.82. The summed E-state index contributed by atoms with van der Waals surface area (Å²) in [6.45, 7) is 6.78. The second-order valence-corrected chi connectivity index (χ2v) is 4.94. The second kappa shape index (κ2) is 5.15. The van der Waals surface area contributed by atoms with Crippen LogP contribution in [0.15, 0.2) is 12.3 Å². The van der Waals surface area contributed by atoms with Gasteiger partial charge in [0.05, 0.1) is 0 Å². The van der Waals surface area contributed by atoms with Gasteiger partial charge in [-0.25, -0.2) is 4.98 Å². The molecule has 0 N–H and O–H groups in total. The predicted molar refractivity (Wildman–Crippen MR) is 67.8 cm³/mol. The van der Waals surface area contributed by atoms with Gasteiger partial charge in [-0.2, -0.15) is 0 Å². The molecule has 0 saturated carbocycles. The minimum Gasteiger partial charge on any atom is -0.296 e. The first-order valence-corrected chi connectivity index (χ1v) is 6.46. The molecule has 1 aromatic heterocycles. The molecular formula is C13H19ClN2. The van der Waals surface area contributed by atoms with Crippen molar-refractivity contribution < 1.29 is 0 Å². The quantitative estimate of drug-likeness (QED) is 0.749. The standard InChI is InChI=1S/C13H19ClN2/c1-3-6-16-7-4-5-12(16)11-9-15-13(14)8-10(11)2/h8-9,12H,3-7H2,1-2H3/t12-/m1/s1. The van der Waals surface area contributed by atoms with Gasteiger partial charge in [0.25, 0.3) is 0 Å². The molecule has 88 valence electrons. The Bertz CT molecular complexity index is 365. The lowest BCUT2D eigenvalue weighted by molar-refractivity contribution is 0.257. The van der Waals surface area contributed by atoms with E-state index in [1.54, 1.807) is 0 Å². The van der Waals surface area contributed by atoms with E-state index < -0.39 is 0 Å². The molecule has 1 aromatic rings. The molecule has 1 saturated heterocycles. The summed E-state index contributed by atoms with van der Waals surface area (Å²) < 4.78 is 0. The highest BCUT2D eigenvalue weighted by atomic mass is 35.5. The molecule has 1 atom stereocenters. The fraction of sp³-hybridized carbons (Fsp3) is 0.615. The SMILES string of the molecule is CCCN1CCC[C@@H]1c1cnc(Cl)cc1C. The average molecular weight is 239 g/mol. The summed E-state index contributed by atoms with van der Waals surface area (Å²) in [5.41, 5.74) is 2.63. The van der Waals surface area contributed by atoms with Gasteiger partial charge in [-0.05, 0) is 56.5 Å². The van der Waals surface area contributed by atoms with Crippen LogP contribution in [0, 0.1) is 6.92 Å². The van der Waals surface area contributed by atoms with Gasteiger partial charge >= 0.3 is 0 Å². The van der Waals surface area contributed by atoms with Gasteiger partial charge in [-0.15, -0.1) is 0 Å². The lowest BCUT2D eigenvalue weighted by Gasteiger charge is -2.25. The summed E-state index contributed by atoms with van der Waals surface area (Å²) in [7, 11) is 0. The van der Waals surface area contributed by atoms with Gasteiger partial charge in [0.2, 0.25) is 0 Å². The molecule has 0 aliphatic carbocycles. The smallest absolute Gasteiger partial charge is 0.129 e. The maximum absolute atomic E-state index is 5.90. The molecule has 0 aromatic carbocycles. The fourth-order valence-electron chi connectivity index (χ4n) is 2.61. The molecule has 16 heavy (non-hydrogen) atoms. The maximum Gasteiger partial charge on any atom is 0.129 e. The van der Waals surface area contributed by atoms with Crippen LogP contribution in [-0.2, 0) is 0 Å². The van der Waals surface area contributed by atoms with Crippen molar-refractivity contribution in [1.29, 1.82) is 0 Å². The molecule has 0 bridgehead atoms. The molecule has 2 nitrogen and oxygen atoms in total. The largest absolute Gasteiger partial charge is 0.296 e. The van der Waals surface area contributed by atoms with Crippen molar-refractivity contribution in [3.63, 3.8) is 0 Å². The highest BCUT2D eigenvalue weighted by Crippen LogP contribution is 2.33. The van der Waals surface area contributed by atoms with Gasteiger partial charge in [-0.3, -0.25) is 4.90 Å². The monoisotopic (exact) mass is 238 g/mol. The van der Waals surface area contributed by atoms with E-state index >= 15 is 0 Å². The number of rotatable bonds is 3. The number of aryl methyl sites for hydroxylation is 1. The topological polar surface area (TPSA) is 16.1 Å². The van der Waals surface area contributed by atoms with Crippen LogP contribution < -0.4 is 0 Å². The number of halogens is 1. The second-order valence-electron chi connectivity index (χ2n) is 4.56. The number of aromatic nitrogens is 1. The van der Waals surface area contributed by atoms with Crippen LogP contribution in [0.5, 0.6) is 0 Å². The Morgan fingerprint density at radius 2 is 2.38 bits per heavy atom. The van der Waals surface area contributed by atoms with Gasteiger partial charge in [-0.1, -0.05) is 18.5 Å². The van der Waals surface area contributed by atoms with Crippen molar-refractivity contribution in [3.05, 3.63) is 28.5 Å². The third kappa shape index (κ3) is 2.38. The van der Waals surface area contributed by atoms with E-state index in [0.29, 0.717) is 11.2 Å². The number of hydrogen-bond acceptors (Lipinski definition) is 2. The fourth-order valence-corrected chi connectivity index (χ4v) is 2.83. The van der Waals surface area contributed by atoms with Crippen LogP contribution in [0.3, 0.4) is 0 Å². The molecular weight excluding hydrogens is 220 g/mol. The normalized spacial score (nSPS) is 21.6. The van der Waals surface area contributed by atoms with Crippen molar-refractivity contribution in [2.45, 2.75) is 39.2 Å². The van der Waals surface area contributed by atoms with E-state index in [1.807, 2.05) is 12.3 Å². The first-order chi connectivity index (χ1) is 7.72. The molecule has 2 rings (SSSR count). The Morgan fingerprint density at radius 3 is 3.06 bits per heavy atom. The summed E-state index contributed by atoms with van der Waals surface area (Å²) in [4.78, 5) is 6.79. The lowest BCUT2D eigenvalue weighted by atomic mass is 10.0. The minimum atomic E-state index is 0.560. The summed E-state index contributed by atoms with van der Waals surface area (Å²) in [5, 5.41) is 0.598. The third-order valence-corrected chi connectivity index (χ3v) is 3.56. The van der Waals surface area contributed by atoms with Gasteiger partial charge in [0, 0.05) is 12.2 Å². The van der Waals surface area contributed by atoms with E-state index in [1.165, 1.54) is 43.5 Å². The zero-order valence-corrected chi connectivity index (χ0v) is 10.8. The molecule has 0 unspecified atom stereocenters. The molecule has 0 spiro atoms. The third-order valence-electron chi connectivity index (χ3n) is 3.35. The first-order valence-electron chi connectivity index (χ1n) is 6.08. The summed E-state index contributed by atoms with van der Waals surface area (Å²) in [6.07, 6.45) is 5.73. The number of nitrogens with zero attached hydrogens (tertiary/aromatic N) is 2. The van der Waals surface area contributed by atoms with Crippen LogP contribution in [-0.4, -0.2) is 23.0 Å². The van der Waals surface area contributed by atoms with Crippen molar-refractivity contribution in [2.75, 3.05) is 13.1 Å². The van der Waals surface area contributed by atoms with Crippen LogP contribution in [0.2, 0.25) is 5.15 Å². The van der Waals surface area contributed by atoms with E-state index in [4.69, 9.17) is 11.6 Å². The number of hydrogen-bond donors (Lipinski definition) is 0. The lowest BCUT2D eigenvalue weighted by Crippen LogP contribution is -2.24. The van der Waals surface area contributed by atoms with Crippen LogP contribution in [0.4, 0.5) is 0 Å². The Balaban J connectivity index is 2.22. The van der Waals surface area contributed by atoms with Crippen LogP contribution in [0.25, 0.3) is 0 Å². The van der Waals surface area contributed by atoms with Crippen molar-refractivity contribution in [2.24, 2.45) is 0 Å². The molecule has 1 aliphatic rings. The zero-order chi connectivity index (χ0) is 11.5. The van der Waals surface area contributed by atoms with E-state index in [0.717, 1.165) is 0 Å². The molecule has 1 fully saturated rings. The zero-order valence-electron chi connectivity index (χ0n) is 10.0. The van der Waals surface area contributed by atoms with E-state index in [2.05, 4.69) is 23.7 Å². The summed E-state index contributed by atoms with van der Waals surface area (Å²) in [5.74, 6) is 0. The van der Waals surface area contributed by atoms with Crippen LogP contribution >= 0.6 is 11.6 Å². The average Bonchev–Trinajstić information content (AvgIpc) is 2.67. The maximum atomic E-state index is 5.90. The van der Waals surface area contributed by atoms with Crippen molar-refractivity contribution in [3.8, 4) is 0 Å². The highest BCUT2D eigenvalue weighted by Gasteiger charge is 2.26. The number of pyridine rings is 1. The Labute approximate surface area is 103 Å². The highest BCUT2D eigenvalue weighted by molar-refractivity contribution is 6.29. The molecule has 2 heterocycles. The number of likely N-dealkylation sites (tertiary alicyclic amines) is 1. The molecule has 1 aliphatic heterocycles. The van der Waals surface area contributed by atoms with Gasteiger partial charge in [0.15, 0.2) is 0 Å². The van der Waals surface area contributed by atoms with Crippen LogP contribution in [0.1, 0.15) is 43.4 Å². The van der Waals surface area contributed by atoms with E-state index in [-0.39, 0.29) is 0 Å². The van der Waals surface area contributed by atoms with Gasteiger partial charge in [0.1, 0.15) is 5.15 Å². The Morgan fingerprint density at radius 1 is 1.56 bits per heavy atom. The molecule has 0 radical (unpaired) electrons.